The lowest BCUT2D eigenvalue weighted by molar-refractivity contribution is 0.0418. The summed E-state index contributed by atoms with van der Waals surface area (Å²) in [4.78, 5) is 0. The van der Waals surface area contributed by atoms with Gasteiger partial charge in [0.15, 0.2) is 0 Å². The van der Waals surface area contributed by atoms with Crippen molar-refractivity contribution in [3.8, 4) is 0 Å². The van der Waals surface area contributed by atoms with Crippen molar-refractivity contribution in [3.05, 3.63) is 18.0 Å². The molecule has 1 aromatic rings. The van der Waals surface area contributed by atoms with E-state index in [2.05, 4.69) is 12.0 Å². The van der Waals surface area contributed by atoms with Crippen LogP contribution in [0.2, 0.25) is 0 Å². The average molecular weight is 222 g/mol. The first-order valence-corrected chi connectivity index (χ1v) is 6.40. The molecule has 1 aliphatic rings. The van der Waals surface area contributed by atoms with Crippen LogP contribution in [0.25, 0.3) is 0 Å². The van der Waals surface area contributed by atoms with E-state index in [0.29, 0.717) is 11.8 Å². The second-order valence-corrected chi connectivity index (χ2v) is 4.98. The van der Waals surface area contributed by atoms with E-state index in [1.54, 1.807) is 4.68 Å². The molecule has 3 nitrogen and oxygen atoms in total. The van der Waals surface area contributed by atoms with Gasteiger partial charge in [-0.2, -0.15) is 5.10 Å². The number of nitrogens with zero attached hydrogens (tertiary/aromatic N) is 2. The Hall–Kier alpha value is -0.830. The Bertz CT molecular complexity index is 334. The van der Waals surface area contributed by atoms with Crippen molar-refractivity contribution < 1.29 is 5.11 Å². The molecule has 0 spiro atoms. The molecule has 0 aromatic carbocycles. The van der Waals surface area contributed by atoms with Crippen LogP contribution in [0.4, 0.5) is 0 Å². The molecule has 0 saturated heterocycles. The lowest BCUT2D eigenvalue weighted by Crippen LogP contribution is -2.25. The third-order valence-corrected chi connectivity index (χ3v) is 3.94. The van der Waals surface area contributed by atoms with Gasteiger partial charge in [-0.1, -0.05) is 32.6 Å². The summed E-state index contributed by atoms with van der Waals surface area (Å²) in [7, 11) is 1.90. The van der Waals surface area contributed by atoms with Gasteiger partial charge in [0.25, 0.3) is 0 Å². The molecule has 3 atom stereocenters. The van der Waals surface area contributed by atoms with Gasteiger partial charge in [-0.05, 0) is 24.3 Å². The fourth-order valence-corrected chi connectivity index (χ4v) is 2.97. The van der Waals surface area contributed by atoms with Gasteiger partial charge < -0.3 is 5.11 Å². The molecular formula is C13H22N2O. The molecule has 3 heteroatoms. The smallest absolute Gasteiger partial charge is 0.101 e. The second kappa shape index (κ2) is 5.00. The van der Waals surface area contributed by atoms with Crippen LogP contribution in [-0.2, 0) is 7.05 Å². The van der Waals surface area contributed by atoms with Crippen molar-refractivity contribution in [2.45, 2.75) is 45.1 Å². The fourth-order valence-electron chi connectivity index (χ4n) is 2.97. The zero-order chi connectivity index (χ0) is 11.5. The minimum atomic E-state index is -0.369. The molecule has 1 heterocycles. The first-order chi connectivity index (χ1) is 7.72. The molecule has 1 saturated carbocycles. The monoisotopic (exact) mass is 222 g/mol. The Kier molecular flexibility index (Phi) is 3.64. The maximum absolute atomic E-state index is 10.4. The van der Waals surface area contributed by atoms with Gasteiger partial charge in [0.05, 0.1) is 5.69 Å². The highest BCUT2D eigenvalue weighted by molar-refractivity contribution is 5.05. The molecule has 2 rings (SSSR count). The van der Waals surface area contributed by atoms with E-state index in [9.17, 15) is 5.11 Å². The maximum Gasteiger partial charge on any atom is 0.101 e. The number of rotatable bonds is 3. The highest BCUT2D eigenvalue weighted by atomic mass is 16.3. The minimum absolute atomic E-state index is 0.369. The van der Waals surface area contributed by atoms with Gasteiger partial charge in [0.1, 0.15) is 6.10 Å². The summed E-state index contributed by atoms with van der Waals surface area (Å²) in [6.45, 7) is 2.23. The van der Waals surface area contributed by atoms with Crippen LogP contribution < -0.4 is 0 Å². The summed E-state index contributed by atoms with van der Waals surface area (Å²) < 4.78 is 1.77. The number of hydrogen-bond acceptors (Lipinski definition) is 2. The molecule has 0 aliphatic heterocycles. The molecule has 0 amide bonds. The molecule has 90 valence electrons. The molecule has 3 unspecified atom stereocenters. The first-order valence-electron chi connectivity index (χ1n) is 6.40. The Morgan fingerprint density at radius 2 is 2.25 bits per heavy atom. The average Bonchev–Trinajstić information content (AvgIpc) is 2.75. The summed E-state index contributed by atoms with van der Waals surface area (Å²) in [5, 5.41) is 14.7. The third kappa shape index (κ3) is 2.29. The van der Waals surface area contributed by atoms with Crippen molar-refractivity contribution in [3.63, 3.8) is 0 Å². The highest BCUT2D eigenvalue weighted by Crippen LogP contribution is 2.39. The zero-order valence-electron chi connectivity index (χ0n) is 10.3. The van der Waals surface area contributed by atoms with Gasteiger partial charge in [0.2, 0.25) is 0 Å². The second-order valence-electron chi connectivity index (χ2n) is 4.98. The van der Waals surface area contributed by atoms with Crippen molar-refractivity contribution >= 4 is 0 Å². The van der Waals surface area contributed by atoms with Crippen LogP contribution in [-0.4, -0.2) is 14.9 Å². The number of aryl methyl sites for hydroxylation is 1. The Morgan fingerprint density at radius 1 is 1.50 bits per heavy atom. The summed E-state index contributed by atoms with van der Waals surface area (Å²) in [6, 6.07) is 1.94. The molecule has 1 aromatic heterocycles. The lowest BCUT2D eigenvalue weighted by Gasteiger charge is -2.33. The van der Waals surface area contributed by atoms with E-state index < -0.39 is 0 Å². The van der Waals surface area contributed by atoms with E-state index in [-0.39, 0.29) is 6.10 Å². The first kappa shape index (κ1) is 11.6. The van der Waals surface area contributed by atoms with E-state index in [1.807, 2.05) is 19.3 Å². The van der Waals surface area contributed by atoms with Crippen LogP contribution in [0.1, 0.15) is 50.8 Å². The van der Waals surface area contributed by atoms with Crippen LogP contribution in [0, 0.1) is 11.8 Å². The predicted molar refractivity (Wildman–Crippen MR) is 63.9 cm³/mol. The molecule has 0 radical (unpaired) electrons. The third-order valence-electron chi connectivity index (χ3n) is 3.94. The maximum atomic E-state index is 10.4. The van der Waals surface area contributed by atoms with Crippen LogP contribution in [0.5, 0.6) is 0 Å². The summed E-state index contributed by atoms with van der Waals surface area (Å²) >= 11 is 0. The van der Waals surface area contributed by atoms with Crippen LogP contribution in [0.15, 0.2) is 12.3 Å². The van der Waals surface area contributed by atoms with Gasteiger partial charge in [0, 0.05) is 13.2 Å². The molecule has 1 fully saturated rings. The van der Waals surface area contributed by atoms with E-state index >= 15 is 0 Å². The topological polar surface area (TPSA) is 38.0 Å². The van der Waals surface area contributed by atoms with E-state index in [0.717, 1.165) is 12.1 Å². The van der Waals surface area contributed by atoms with Crippen LogP contribution in [0.3, 0.4) is 0 Å². The molecular weight excluding hydrogens is 200 g/mol. The van der Waals surface area contributed by atoms with Crippen LogP contribution >= 0.6 is 0 Å². The zero-order valence-corrected chi connectivity index (χ0v) is 10.3. The fraction of sp³-hybridized carbons (Fsp3) is 0.769. The van der Waals surface area contributed by atoms with Gasteiger partial charge in [-0.15, -0.1) is 0 Å². The van der Waals surface area contributed by atoms with Crippen molar-refractivity contribution in [1.82, 2.24) is 9.78 Å². The van der Waals surface area contributed by atoms with Crippen molar-refractivity contribution in [1.29, 1.82) is 0 Å². The SMILES string of the molecule is CCC1CCCCC1C(O)c1ccn(C)n1. The number of hydrogen-bond donors (Lipinski definition) is 1. The highest BCUT2D eigenvalue weighted by Gasteiger charge is 2.31. The van der Waals surface area contributed by atoms with Gasteiger partial charge in [-0.25, -0.2) is 0 Å². The van der Waals surface area contributed by atoms with Gasteiger partial charge in [-0.3, -0.25) is 4.68 Å². The standard InChI is InChI=1S/C13H22N2O/c1-3-10-6-4-5-7-11(10)13(16)12-8-9-15(2)14-12/h8-11,13,16H,3-7H2,1-2H3. The number of aromatic nitrogens is 2. The molecule has 1 N–H and O–H groups in total. The number of aliphatic hydroxyl groups is 1. The summed E-state index contributed by atoms with van der Waals surface area (Å²) in [5.41, 5.74) is 0.841. The molecule has 1 aliphatic carbocycles. The van der Waals surface area contributed by atoms with E-state index in [4.69, 9.17) is 0 Å². The van der Waals surface area contributed by atoms with Crippen molar-refractivity contribution in [2.75, 3.05) is 0 Å². The van der Waals surface area contributed by atoms with Gasteiger partial charge >= 0.3 is 0 Å². The Balaban J connectivity index is 2.10. The van der Waals surface area contributed by atoms with Crippen molar-refractivity contribution in [2.24, 2.45) is 18.9 Å². The summed E-state index contributed by atoms with van der Waals surface area (Å²) in [6.07, 6.45) is 7.71. The molecule has 0 bridgehead atoms. The molecule has 16 heavy (non-hydrogen) atoms. The quantitative estimate of drug-likeness (QED) is 0.853. The number of aliphatic hydroxyl groups excluding tert-OH is 1. The lowest BCUT2D eigenvalue weighted by atomic mass is 9.74. The largest absolute Gasteiger partial charge is 0.386 e. The normalized spacial score (nSPS) is 27.9. The van der Waals surface area contributed by atoms with E-state index in [1.165, 1.54) is 25.7 Å². The summed E-state index contributed by atoms with van der Waals surface area (Å²) in [5.74, 6) is 1.08. The Labute approximate surface area is 97.5 Å². The predicted octanol–water partition coefficient (Wildman–Crippen LogP) is 2.67. The Morgan fingerprint density at radius 3 is 2.88 bits per heavy atom. The minimum Gasteiger partial charge on any atom is -0.386 e.